The van der Waals surface area contributed by atoms with Crippen LogP contribution in [0.4, 0.5) is 0 Å². The number of nitrogens with one attached hydrogen (secondary N) is 1. The maximum atomic E-state index is 12.4. The third kappa shape index (κ3) is 3.51. The molecule has 0 heterocycles. The van der Waals surface area contributed by atoms with Crippen molar-refractivity contribution in [1.29, 1.82) is 0 Å². The number of aryl methyl sites for hydroxylation is 1. The number of hydrogen-bond donors (Lipinski definition) is 2. The van der Waals surface area contributed by atoms with Crippen molar-refractivity contribution in [2.45, 2.75) is 18.9 Å². The molecular weight excluding hydrogens is 292 g/mol. The van der Waals surface area contributed by atoms with Gasteiger partial charge in [0.15, 0.2) is 6.61 Å². The Morgan fingerprint density at radius 2 is 1.87 bits per heavy atom. The third-order valence-electron chi connectivity index (χ3n) is 3.94. The van der Waals surface area contributed by atoms with Crippen LogP contribution in [0, 0.1) is 0 Å². The van der Waals surface area contributed by atoms with Gasteiger partial charge < -0.3 is 15.8 Å². The van der Waals surface area contributed by atoms with Crippen molar-refractivity contribution >= 4 is 11.8 Å². The van der Waals surface area contributed by atoms with E-state index in [1.54, 1.807) is 24.3 Å². The van der Waals surface area contributed by atoms with Crippen LogP contribution in [0.5, 0.6) is 5.75 Å². The van der Waals surface area contributed by atoms with Gasteiger partial charge in [0.1, 0.15) is 5.75 Å². The van der Waals surface area contributed by atoms with Crippen molar-refractivity contribution in [1.82, 2.24) is 5.32 Å². The molecule has 5 heteroatoms. The lowest BCUT2D eigenvalue weighted by Crippen LogP contribution is -2.27. The van der Waals surface area contributed by atoms with E-state index in [1.807, 2.05) is 12.1 Å². The summed E-state index contributed by atoms with van der Waals surface area (Å²) in [6.07, 6.45) is 1.91. The van der Waals surface area contributed by atoms with Crippen molar-refractivity contribution in [3.05, 3.63) is 65.2 Å². The molecule has 5 nitrogen and oxygen atoms in total. The lowest BCUT2D eigenvalue weighted by molar-refractivity contribution is -0.119. The second-order valence-electron chi connectivity index (χ2n) is 5.54. The summed E-state index contributed by atoms with van der Waals surface area (Å²) in [6.45, 7) is -0.176. The molecule has 3 rings (SSSR count). The summed E-state index contributed by atoms with van der Waals surface area (Å²) in [6, 6.07) is 14.9. The zero-order valence-electron chi connectivity index (χ0n) is 12.6. The zero-order chi connectivity index (χ0) is 16.2. The van der Waals surface area contributed by atoms with Crippen LogP contribution in [0.15, 0.2) is 48.5 Å². The number of fused-ring (bicyclic) bond motifs is 1. The highest BCUT2D eigenvalue weighted by Gasteiger charge is 2.23. The van der Waals surface area contributed by atoms with E-state index in [-0.39, 0.29) is 18.6 Å². The van der Waals surface area contributed by atoms with Gasteiger partial charge in [-0.05, 0) is 48.2 Å². The summed E-state index contributed by atoms with van der Waals surface area (Å²) >= 11 is 0. The predicted octanol–water partition coefficient (Wildman–Crippen LogP) is 1.97. The number of ether oxygens (including phenoxy) is 1. The summed E-state index contributed by atoms with van der Waals surface area (Å²) < 4.78 is 5.18. The van der Waals surface area contributed by atoms with E-state index in [1.165, 1.54) is 11.1 Å². The molecular formula is C18H18N2O3. The van der Waals surface area contributed by atoms with E-state index in [9.17, 15) is 9.59 Å². The minimum absolute atomic E-state index is 0.0597. The van der Waals surface area contributed by atoms with Gasteiger partial charge in [0.2, 0.25) is 0 Å². The van der Waals surface area contributed by atoms with E-state index in [0.717, 1.165) is 12.8 Å². The first kappa shape index (κ1) is 15.1. The fourth-order valence-corrected chi connectivity index (χ4v) is 2.81. The number of benzene rings is 2. The Hall–Kier alpha value is -2.82. The third-order valence-corrected chi connectivity index (χ3v) is 3.94. The molecule has 0 saturated carbocycles. The SMILES string of the molecule is NC(=O)COc1ccc(C(=O)NC2CCc3ccccc32)cc1. The van der Waals surface area contributed by atoms with Gasteiger partial charge in [-0.25, -0.2) is 0 Å². The minimum atomic E-state index is -0.535. The van der Waals surface area contributed by atoms with Crippen molar-refractivity contribution in [2.24, 2.45) is 5.73 Å². The molecule has 1 unspecified atom stereocenters. The normalized spacial score (nSPS) is 15.7. The number of amides is 2. The summed E-state index contributed by atoms with van der Waals surface area (Å²) in [4.78, 5) is 23.0. The summed E-state index contributed by atoms with van der Waals surface area (Å²) in [5.74, 6) is -0.147. The van der Waals surface area contributed by atoms with Gasteiger partial charge in [0, 0.05) is 5.56 Å². The van der Waals surface area contributed by atoms with Crippen LogP contribution in [0.1, 0.15) is 33.9 Å². The Balaban J connectivity index is 1.64. The van der Waals surface area contributed by atoms with Crippen LogP contribution in [0.25, 0.3) is 0 Å². The molecule has 0 radical (unpaired) electrons. The van der Waals surface area contributed by atoms with E-state index in [4.69, 9.17) is 10.5 Å². The molecule has 0 aliphatic heterocycles. The van der Waals surface area contributed by atoms with Crippen molar-refractivity contribution in [3.8, 4) is 5.75 Å². The van der Waals surface area contributed by atoms with E-state index in [0.29, 0.717) is 11.3 Å². The minimum Gasteiger partial charge on any atom is -0.484 e. The van der Waals surface area contributed by atoms with Crippen molar-refractivity contribution in [3.63, 3.8) is 0 Å². The van der Waals surface area contributed by atoms with Gasteiger partial charge in [-0.2, -0.15) is 0 Å². The molecule has 2 aromatic carbocycles. The molecule has 3 N–H and O–H groups in total. The van der Waals surface area contributed by atoms with Crippen LogP contribution < -0.4 is 15.8 Å². The number of carbonyl (C=O) groups excluding carboxylic acids is 2. The molecule has 0 fully saturated rings. The van der Waals surface area contributed by atoms with Crippen LogP contribution in [-0.2, 0) is 11.2 Å². The van der Waals surface area contributed by atoms with Gasteiger partial charge in [0.05, 0.1) is 6.04 Å². The topological polar surface area (TPSA) is 81.4 Å². The van der Waals surface area contributed by atoms with E-state index >= 15 is 0 Å². The lowest BCUT2D eigenvalue weighted by Gasteiger charge is -2.14. The van der Waals surface area contributed by atoms with Crippen LogP contribution in [0.3, 0.4) is 0 Å². The summed E-state index contributed by atoms with van der Waals surface area (Å²) in [7, 11) is 0. The van der Waals surface area contributed by atoms with Crippen molar-refractivity contribution in [2.75, 3.05) is 6.61 Å². The molecule has 2 amide bonds. The second kappa shape index (κ2) is 6.52. The molecule has 0 saturated heterocycles. The van der Waals surface area contributed by atoms with Crippen LogP contribution >= 0.6 is 0 Å². The number of rotatable bonds is 5. The molecule has 0 spiro atoms. The maximum absolute atomic E-state index is 12.4. The van der Waals surface area contributed by atoms with Gasteiger partial charge in [0.25, 0.3) is 11.8 Å². The Kier molecular flexibility index (Phi) is 4.28. The molecule has 2 aromatic rings. The molecule has 0 aromatic heterocycles. The highest BCUT2D eigenvalue weighted by Crippen LogP contribution is 2.30. The first-order valence-corrected chi connectivity index (χ1v) is 7.53. The molecule has 23 heavy (non-hydrogen) atoms. The average Bonchev–Trinajstić information content (AvgIpc) is 2.96. The quantitative estimate of drug-likeness (QED) is 0.886. The molecule has 1 atom stereocenters. The van der Waals surface area contributed by atoms with Crippen LogP contribution in [-0.4, -0.2) is 18.4 Å². The van der Waals surface area contributed by atoms with Crippen molar-refractivity contribution < 1.29 is 14.3 Å². The predicted molar refractivity (Wildman–Crippen MR) is 86.1 cm³/mol. The Morgan fingerprint density at radius 1 is 1.13 bits per heavy atom. The zero-order valence-corrected chi connectivity index (χ0v) is 12.6. The Labute approximate surface area is 134 Å². The second-order valence-corrected chi connectivity index (χ2v) is 5.54. The van der Waals surface area contributed by atoms with Gasteiger partial charge in [-0.1, -0.05) is 24.3 Å². The highest BCUT2D eigenvalue weighted by molar-refractivity contribution is 5.94. The van der Waals surface area contributed by atoms with E-state index in [2.05, 4.69) is 17.4 Å². The number of nitrogens with two attached hydrogens (primary N) is 1. The first-order chi connectivity index (χ1) is 11.1. The standard InChI is InChI=1S/C18H18N2O3/c19-17(21)11-23-14-8-5-13(6-9-14)18(22)20-16-10-7-12-3-1-2-4-15(12)16/h1-6,8-9,16H,7,10-11H2,(H2,19,21)(H,20,22). The van der Waals surface area contributed by atoms with Gasteiger partial charge in [-0.15, -0.1) is 0 Å². The fraction of sp³-hybridized carbons (Fsp3) is 0.222. The van der Waals surface area contributed by atoms with Crippen LogP contribution in [0.2, 0.25) is 0 Å². The lowest BCUT2D eigenvalue weighted by atomic mass is 10.1. The molecule has 0 bridgehead atoms. The Morgan fingerprint density at radius 3 is 2.61 bits per heavy atom. The average molecular weight is 310 g/mol. The number of primary amides is 1. The fourth-order valence-electron chi connectivity index (χ4n) is 2.81. The van der Waals surface area contributed by atoms with Gasteiger partial charge in [-0.3, -0.25) is 9.59 Å². The highest BCUT2D eigenvalue weighted by atomic mass is 16.5. The largest absolute Gasteiger partial charge is 0.484 e. The smallest absolute Gasteiger partial charge is 0.255 e. The first-order valence-electron chi connectivity index (χ1n) is 7.53. The number of hydrogen-bond acceptors (Lipinski definition) is 3. The van der Waals surface area contributed by atoms with Gasteiger partial charge >= 0.3 is 0 Å². The summed E-state index contributed by atoms with van der Waals surface area (Å²) in [5, 5.41) is 3.07. The molecule has 1 aliphatic rings. The van der Waals surface area contributed by atoms with E-state index < -0.39 is 5.91 Å². The summed E-state index contributed by atoms with van der Waals surface area (Å²) in [5.41, 5.74) is 8.07. The molecule has 1 aliphatic carbocycles. The Bertz CT molecular complexity index is 725. The monoisotopic (exact) mass is 310 g/mol. The number of carbonyl (C=O) groups is 2. The molecule has 118 valence electrons. The maximum Gasteiger partial charge on any atom is 0.255 e.